The van der Waals surface area contributed by atoms with Gasteiger partial charge in [-0.2, -0.15) is 0 Å². The standard InChI is InChI=1S/C2H10B3N/c3-5-4-1-2-6/h4-5H,1-3,6H2. The van der Waals surface area contributed by atoms with Gasteiger partial charge in [0.1, 0.15) is 0 Å². The summed E-state index contributed by atoms with van der Waals surface area (Å²) in [7, 11) is 4.74. The fourth-order valence-corrected chi connectivity index (χ4v) is 0.394. The van der Waals surface area contributed by atoms with Crippen LogP contribution in [-0.2, 0) is 0 Å². The van der Waals surface area contributed by atoms with Gasteiger partial charge < -0.3 is 5.73 Å². The first-order valence-corrected chi connectivity index (χ1v) is 2.62. The van der Waals surface area contributed by atoms with Crippen molar-refractivity contribution in [2.45, 2.75) is 6.32 Å². The van der Waals surface area contributed by atoms with Crippen molar-refractivity contribution in [3.05, 3.63) is 0 Å². The van der Waals surface area contributed by atoms with Crippen molar-refractivity contribution in [1.29, 1.82) is 0 Å². The van der Waals surface area contributed by atoms with E-state index in [0.29, 0.717) is 0 Å². The molecule has 32 valence electrons. The van der Waals surface area contributed by atoms with Crippen LogP contribution in [0.2, 0.25) is 6.32 Å². The second-order valence-corrected chi connectivity index (χ2v) is 1.50. The molecule has 2 N–H and O–H groups in total. The molecule has 0 aromatic rings. The maximum absolute atomic E-state index is 5.21. The van der Waals surface area contributed by atoms with Crippen LogP contribution in [0.25, 0.3) is 0 Å². The van der Waals surface area contributed by atoms with Crippen molar-refractivity contribution < 1.29 is 0 Å². The van der Waals surface area contributed by atoms with Gasteiger partial charge in [0, 0.05) is 0 Å². The summed E-state index contributed by atoms with van der Waals surface area (Å²) >= 11 is 0. The number of nitrogens with two attached hydrogens (primary N) is 1. The molecule has 0 rings (SSSR count). The molecule has 0 unspecified atom stereocenters. The average molecular weight is 80.5 g/mol. The molecule has 0 amide bonds. The normalized spacial score (nSPS) is 7.50. The minimum Gasteiger partial charge on any atom is -0.331 e. The summed E-state index contributed by atoms with van der Waals surface area (Å²) in [6.07, 6.45) is 1.19. The molecular formula is C2H10B3N. The summed E-state index contributed by atoms with van der Waals surface area (Å²) in [4.78, 5) is 0. The van der Waals surface area contributed by atoms with Crippen molar-refractivity contribution in [1.82, 2.24) is 0 Å². The highest BCUT2D eigenvalue weighted by Gasteiger charge is 1.81. The van der Waals surface area contributed by atoms with Gasteiger partial charge in [-0.3, -0.25) is 0 Å². The summed E-state index contributed by atoms with van der Waals surface area (Å²) in [6, 6.07) is 0. The second-order valence-electron chi connectivity index (χ2n) is 1.50. The predicted octanol–water partition coefficient (Wildman–Crippen LogP) is -2.30. The van der Waals surface area contributed by atoms with Crippen molar-refractivity contribution >= 4 is 22.0 Å². The first-order chi connectivity index (χ1) is 2.91. The fraction of sp³-hybridized carbons (Fsp3) is 1.00. The summed E-state index contributed by atoms with van der Waals surface area (Å²) in [5.41, 5.74) is 5.21. The lowest BCUT2D eigenvalue weighted by Crippen LogP contribution is -2.08. The summed E-state index contributed by atoms with van der Waals surface area (Å²) in [6.45, 7) is 0.855. The van der Waals surface area contributed by atoms with Crippen LogP contribution in [0.4, 0.5) is 0 Å². The Kier molecular flexibility index (Phi) is 5.29. The molecular weight excluding hydrogens is 70.5 g/mol. The summed E-state index contributed by atoms with van der Waals surface area (Å²) < 4.78 is 0. The molecule has 0 fully saturated rings. The van der Waals surface area contributed by atoms with E-state index in [0.717, 1.165) is 6.54 Å². The topological polar surface area (TPSA) is 26.0 Å². The number of rotatable bonds is 3. The van der Waals surface area contributed by atoms with Gasteiger partial charge in [-0.1, -0.05) is 6.32 Å². The molecule has 0 atom stereocenters. The molecule has 1 nitrogen and oxygen atoms in total. The van der Waals surface area contributed by atoms with Gasteiger partial charge in [0.05, 0.1) is 22.0 Å². The third-order valence-corrected chi connectivity index (χ3v) is 0.808. The Morgan fingerprint density at radius 2 is 2.33 bits per heavy atom. The molecule has 0 aromatic heterocycles. The molecule has 0 heterocycles. The van der Waals surface area contributed by atoms with Crippen molar-refractivity contribution in [2.24, 2.45) is 5.73 Å². The number of hydrogen-bond donors (Lipinski definition) is 1. The molecule has 0 aliphatic carbocycles. The van der Waals surface area contributed by atoms with Gasteiger partial charge in [0.15, 0.2) is 0 Å². The molecule has 6 heavy (non-hydrogen) atoms. The molecule has 0 bridgehead atoms. The molecule has 0 aliphatic heterocycles. The third kappa shape index (κ3) is 4.15. The molecule has 0 aliphatic rings. The van der Waals surface area contributed by atoms with E-state index >= 15 is 0 Å². The molecule has 0 saturated heterocycles. The van der Waals surface area contributed by atoms with Crippen LogP contribution in [0, 0.1) is 0 Å². The maximum Gasteiger partial charge on any atom is 0.0796 e. The van der Waals surface area contributed by atoms with Crippen LogP contribution in [-0.4, -0.2) is 28.5 Å². The van der Waals surface area contributed by atoms with E-state index in [-0.39, 0.29) is 0 Å². The summed E-state index contributed by atoms with van der Waals surface area (Å²) in [5, 5.41) is 0. The zero-order chi connectivity index (χ0) is 4.83. The van der Waals surface area contributed by atoms with E-state index in [1.54, 1.807) is 0 Å². The first-order valence-electron chi connectivity index (χ1n) is 2.62. The number of hydrogen-bond acceptors (Lipinski definition) is 1. The molecule has 4 heteroatoms. The monoisotopic (exact) mass is 81.1 g/mol. The van der Waals surface area contributed by atoms with Crippen LogP contribution in [0.3, 0.4) is 0 Å². The zero-order valence-corrected chi connectivity index (χ0v) is 4.41. The maximum atomic E-state index is 5.21. The van der Waals surface area contributed by atoms with Gasteiger partial charge in [-0.05, 0) is 6.54 Å². The van der Waals surface area contributed by atoms with Gasteiger partial charge in [-0.25, -0.2) is 0 Å². The van der Waals surface area contributed by atoms with E-state index < -0.39 is 0 Å². The van der Waals surface area contributed by atoms with Crippen LogP contribution in [0.1, 0.15) is 0 Å². The first kappa shape index (κ1) is 6.15. The smallest absolute Gasteiger partial charge is 0.0796 e. The fourth-order valence-electron chi connectivity index (χ4n) is 0.394. The van der Waals surface area contributed by atoms with E-state index in [1.165, 1.54) is 20.6 Å². The zero-order valence-electron chi connectivity index (χ0n) is 4.41. The highest BCUT2D eigenvalue weighted by molar-refractivity contribution is 7.23. The molecule has 0 spiro atoms. The largest absolute Gasteiger partial charge is 0.331 e. The molecule has 0 radical (unpaired) electrons. The van der Waals surface area contributed by atoms with Crippen molar-refractivity contribution in [3.63, 3.8) is 0 Å². The Labute approximate surface area is 41.5 Å². The van der Waals surface area contributed by atoms with E-state index in [1.807, 2.05) is 0 Å². The van der Waals surface area contributed by atoms with Crippen LogP contribution >= 0.6 is 0 Å². The van der Waals surface area contributed by atoms with Crippen LogP contribution in [0.5, 0.6) is 0 Å². The minimum atomic E-state index is 0.855. The Bertz CT molecular complexity index is 20.8. The van der Waals surface area contributed by atoms with Crippen molar-refractivity contribution in [3.8, 4) is 0 Å². The average Bonchev–Trinajstić information content (AvgIpc) is 1.61. The van der Waals surface area contributed by atoms with Gasteiger partial charge in [-0.15, -0.1) is 0 Å². The predicted molar refractivity (Wildman–Crippen MR) is 36.7 cm³/mol. The van der Waals surface area contributed by atoms with Gasteiger partial charge in [0.25, 0.3) is 0 Å². The lowest BCUT2D eigenvalue weighted by atomic mass is 9.27. The molecule has 0 aromatic carbocycles. The Morgan fingerprint density at radius 1 is 1.67 bits per heavy atom. The van der Waals surface area contributed by atoms with E-state index in [4.69, 9.17) is 5.73 Å². The van der Waals surface area contributed by atoms with Gasteiger partial charge in [0.2, 0.25) is 0 Å². The lowest BCUT2D eigenvalue weighted by Gasteiger charge is -1.82. The SMILES string of the molecule is BBBCCN. The molecule has 0 saturated carbocycles. The van der Waals surface area contributed by atoms with E-state index in [2.05, 4.69) is 7.74 Å². The Morgan fingerprint density at radius 3 is 2.50 bits per heavy atom. The highest BCUT2D eigenvalue weighted by atomic mass is 14.5. The second kappa shape index (κ2) is 5.15. The van der Waals surface area contributed by atoms with Gasteiger partial charge >= 0.3 is 0 Å². The summed E-state index contributed by atoms with van der Waals surface area (Å²) in [5.74, 6) is 0. The Balaban J connectivity index is 2.34. The third-order valence-electron chi connectivity index (χ3n) is 0.808. The Hall–Kier alpha value is 0.155. The highest BCUT2D eigenvalue weighted by Crippen LogP contribution is 1.64. The van der Waals surface area contributed by atoms with Crippen LogP contribution in [0.15, 0.2) is 0 Å². The van der Waals surface area contributed by atoms with Crippen LogP contribution < -0.4 is 5.73 Å². The minimum absolute atomic E-state index is 0.855. The quantitative estimate of drug-likeness (QED) is 0.300. The van der Waals surface area contributed by atoms with E-state index in [9.17, 15) is 0 Å². The van der Waals surface area contributed by atoms with Crippen molar-refractivity contribution in [2.75, 3.05) is 6.54 Å². The lowest BCUT2D eigenvalue weighted by molar-refractivity contribution is 1.13.